The molecule has 1 aliphatic heterocycles. The quantitative estimate of drug-likeness (QED) is 0.488. The van der Waals surface area contributed by atoms with E-state index in [0.29, 0.717) is 5.02 Å². The van der Waals surface area contributed by atoms with Crippen LogP contribution in [0.15, 0.2) is 65.6 Å². The van der Waals surface area contributed by atoms with Crippen LogP contribution in [0.4, 0.5) is 4.39 Å². The molecule has 2 aromatic carbocycles. The molecule has 0 atom stereocenters. The summed E-state index contributed by atoms with van der Waals surface area (Å²) in [5.74, 6) is -0.238. The summed E-state index contributed by atoms with van der Waals surface area (Å²) in [6, 6.07) is 16.2. The molecule has 0 spiro atoms. The summed E-state index contributed by atoms with van der Waals surface area (Å²) in [7, 11) is 0. The van der Waals surface area contributed by atoms with Crippen molar-refractivity contribution >= 4 is 22.6 Å². The summed E-state index contributed by atoms with van der Waals surface area (Å²) in [5.41, 5.74) is 4.60. The highest BCUT2D eigenvalue weighted by atomic mass is 35.5. The van der Waals surface area contributed by atoms with E-state index in [1.165, 1.54) is 12.1 Å². The van der Waals surface area contributed by atoms with E-state index >= 15 is 0 Å². The second-order valence-corrected chi connectivity index (χ2v) is 8.45. The van der Waals surface area contributed by atoms with Crippen molar-refractivity contribution in [3.8, 4) is 11.1 Å². The van der Waals surface area contributed by atoms with Crippen LogP contribution in [0.5, 0.6) is 0 Å². The van der Waals surface area contributed by atoms with E-state index in [1.807, 2.05) is 22.8 Å². The second-order valence-electron chi connectivity index (χ2n) is 8.01. The molecule has 0 radical (unpaired) electrons. The van der Waals surface area contributed by atoms with Crippen molar-refractivity contribution in [2.75, 3.05) is 13.1 Å². The number of nitrogens with one attached hydrogen (secondary N) is 1. The Morgan fingerprint density at radius 2 is 1.81 bits per heavy atom. The highest BCUT2D eigenvalue weighted by Crippen LogP contribution is 2.27. The monoisotopic (exact) mass is 436 g/mol. The van der Waals surface area contributed by atoms with Crippen LogP contribution in [-0.4, -0.2) is 32.5 Å². The minimum atomic E-state index is -0.238. The smallest absolute Gasteiger partial charge is 0.305 e. The van der Waals surface area contributed by atoms with E-state index in [1.54, 1.807) is 24.4 Å². The molecule has 0 amide bonds. The molecule has 158 valence electrons. The number of rotatable bonds is 4. The Morgan fingerprint density at radius 3 is 2.58 bits per heavy atom. The van der Waals surface area contributed by atoms with Crippen molar-refractivity contribution in [3.63, 3.8) is 0 Å². The molecular weight excluding hydrogens is 415 g/mol. The predicted molar refractivity (Wildman–Crippen MR) is 121 cm³/mol. The number of hydrogen-bond acceptors (Lipinski definition) is 3. The normalized spacial score (nSPS) is 15.5. The Hall–Kier alpha value is -2.96. The van der Waals surface area contributed by atoms with Gasteiger partial charge in [-0.3, -0.25) is 14.5 Å². The van der Waals surface area contributed by atoms with Crippen molar-refractivity contribution in [1.82, 2.24) is 19.4 Å². The lowest BCUT2D eigenvalue weighted by molar-refractivity contribution is 0.178. The van der Waals surface area contributed by atoms with Gasteiger partial charge in [0.25, 0.3) is 0 Å². The van der Waals surface area contributed by atoms with E-state index in [9.17, 15) is 9.18 Å². The van der Waals surface area contributed by atoms with Gasteiger partial charge in [-0.2, -0.15) is 0 Å². The van der Waals surface area contributed by atoms with Crippen molar-refractivity contribution < 1.29 is 4.39 Å². The van der Waals surface area contributed by atoms with Gasteiger partial charge in [0.2, 0.25) is 0 Å². The van der Waals surface area contributed by atoms with Gasteiger partial charge in [0.1, 0.15) is 5.82 Å². The molecule has 0 bridgehead atoms. The van der Waals surface area contributed by atoms with Crippen LogP contribution in [0.1, 0.15) is 24.6 Å². The number of nitrogens with zero attached hydrogens (tertiary/aromatic N) is 3. The van der Waals surface area contributed by atoms with E-state index in [0.717, 1.165) is 60.3 Å². The average molecular weight is 437 g/mol. The van der Waals surface area contributed by atoms with Gasteiger partial charge in [-0.1, -0.05) is 23.7 Å². The minimum absolute atomic E-state index is 0.0793. The highest BCUT2D eigenvalue weighted by Gasteiger charge is 2.24. The highest BCUT2D eigenvalue weighted by molar-refractivity contribution is 6.31. The average Bonchev–Trinajstić information content (AvgIpc) is 3.10. The first-order valence-corrected chi connectivity index (χ1v) is 10.8. The lowest BCUT2D eigenvalue weighted by atomic mass is 10.0. The summed E-state index contributed by atoms with van der Waals surface area (Å²) in [4.78, 5) is 22.3. The second kappa shape index (κ2) is 8.29. The number of likely N-dealkylation sites (tertiary alicyclic amines) is 1. The van der Waals surface area contributed by atoms with Crippen LogP contribution in [0, 0.1) is 5.82 Å². The van der Waals surface area contributed by atoms with Gasteiger partial charge in [0.15, 0.2) is 0 Å². The zero-order valence-electron chi connectivity index (χ0n) is 16.9. The Labute approximate surface area is 184 Å². The van der Waals surface area contributed by atoms with Gasteiger partial charge >= 0.3 is 5.69 Å². The van der Waals surface area contributed by atoms with E-state index < -0.39 is 0 Å². The molecule has 2 aromatic heterocycles. The lowest BCUT2D eigenvalue weighted by Crippen LogP contribution is -2.36. The fourth-order valence-corrected chi connectivity index (χ4v) is 4.59. The number of aromatic amines is 1. The van der Waals surface area contributed by atoms with Crippen LogP contribution in [-0.2, 0) is 6.54 Å². The van der Waals surface area contributed by atoms with Crippen LogP contribution < -0.4 is 5.69 Å². The zero-order chi connectivity index (χ0) is 21.4. The molecule has 7 heteroatoms. The first-order chi connectivity index (χ1) is 15.1. The molecular formula is C24H22ClFN4O. The minimum Gasteiger partial charge on any atom is -0.305 e. The van der Waals surface area contributed by atoms with Crippen LogP contribution in [0.2, 0.25) is 5.02 Å². The molecule has 3 heterocycles. The molecule has 5 nitrogen and oxygen atoms in total. The summed E-state index contributed by atoms with van der Waals surface area (Å²) in [6.45, 7) is 2.53. The van der Waals surface area contributed by atoms with Crippen molar-refractivity contribution in [2.24, 2.45) is 0 Å². The van der Waals surface area contributed by atoms with Gasteiger partial charge in [-0.25, -0.2) is 9.18 Å². The largest absolute Gasteiger partial charge is 0.326 e. The standard InChI is InChI=1S/C24H22ClFN4O/c25-18-3-6-23-22(14-18)28-24(31)30(23)21-8-11-29(12-9-21)15-20-13-17(7-10-27-20)16-1-4-19(26)5-2-16/h1-7,10,13-14,21H,8-9,11-12,15H2,(H,28,31). The van der Waals surface area contributed by atoms with Gasteiger partial charge in [0, 0.05) is 36.9 Å². The molecule has 1 fully saturated rings. The molecule has 4 aromatic rings. The summed E-state index contributed by atoms with van der Waals surface area (Å²) in [5, 5.41) is 0.617. The van der Waals surface area contributed by atoms with Crippen LogP contribution >= 0.6 is 11.6 Å². The van der Waals surface area contributed by atoms with E-state index in [-0.39, 0.29) is 17.5 Å². The number of hydrogen-bond donors (Lipinski definition) is 1. The van der Waals surface area contributed by atoms with Crippen molar-refractivity contribution in [1.29, 1.82) is 0 Å². The molecule has 1 N–H and O–H groups in total. The number of halogens is 2. The molecule has 1 aliphatic rings. The number of piperidine rings is 1. The SMILES string of the molecule is O=c1[nH]c2cc(Cl)ccc2n1C1CCN(Cc2cc(-c3ccc(F)cc3)ccn2)CC1. The van der Waals surface area contributed by atoms with E-state index in [2.05, 4.69) is 20.9 Å². The van der Waals surface area contributed by atoms with Crippen LogP contribution in [0.3, 0.4) is 0 Å². The Morgan fingerprint density at radius 1 is 1.03 bits per heavy atom. The number of fused-ring (bicyclic) bond motifs is 1. The molecule has 0 aliphatic carbocycles. The topological polar surface area (TPSA) is 53.9 Å². The molecule has 1 saturated heterocycles. The number of aromatic nitrogens is 3. The number of imidazole rings is 1. The molecule has 0 saturated carbocycles. The van der Waals surface area contributed by atoms with Gasteiger partial charge in [0.05, 0.1) is 16.7 Å². The third-order valence-electron chi connectivity index (χ3n) is 5.98. The molecule has 0 unspecified atom stereocenters. The Balaban J connectivity index is 1.28. The number of pyridine rings is 1. The third kappa shape index (κ3) is 4.13. The Bertz CT molecular complexity index is 1270. The van der Waals surface area contributed by atoms with E-state index in [4.69, 9.17) is 11.6 Å². The first-order valence-electron chi connectivity index (χ1n) is 10.4. The third-order valence-corrected chi connectivity index (χ3v) is 6.22. The van der Waals surface area contributed by atoms with Crippen molar-refractivity contribution in [2.45, 2.75) is 25.4 Å². The lowest BCUT2D eigenvalue weighted by Gasteiger charge is -2.32. The summed E-state index contributed by atoms with van der Waals surface area (Å²) >= 11 is 6.06. The van der Waals surface area contributed by atoms with Gasteiger partial charge < -0.3 is 4.98 Å². The summed E-state index contributed by atoms with van der Waals surface area (Å²) < 4.78 is 15.1. The predicted octanol–water partition coefficient (Wildman–Crippen LogP) is 5.02. The fraction of sp³-hybridized carbons (Fsp3) is 0.250. The zero-order valence-corrected chi connectivity index (χ0v) is 17.6. The Kier molecular flexibility index (Phi) is 5.34. The fourth-order valence-electron chi connectivity index (χ4n) is 4.42. The first kappa shape index (κ1) is 20.0. The van der Waals surface area contributed by atoms with Crippen molar-refractivity contribution in [3.05, 3.63) is 87.8 Å². The van der Waals surface area contributed by atoms with Crippen LogP contribution in [0.25, 0.3) is 22.2 Å². The molecule has 31 heavy (non-hydrogen) atoms. The molecule has 5 rings (SSSR count). The van der Waals surface area contributed by atoms with Gasteiger partial charge in [-0.05, 0) is 66.4 Å². The maximum atomic E-state index is 13.2. The maximum absolute atomic E-state index is 13.2. The maximum Gasteiger partial charge on any atom is 0.326 e. The van der Waals surface area contributed by atoms with Gasteiger partial charge in [-0.15, -0.1) is 0 Å². The summed E-state index contributed by atoms with van der Waals surface area (Å²) in [6.07, 6.45) is 3.59. The number of benzene rings is 2. The number of H-pyrrole nitrogens is 1.